The number of aryl methyl sites for hydroxylation is 1. The quantitative estimate of drug-likeness (QED) is 0.442. The minimum absolute atomic E-state index is 0.0374. The van der Waals surface area contributed by atoms with Crippen LogP contribution < -0.4 is 10.1 Å². The van der Waals surface area contributed by atoms with Crippen LogP contribution in [0.15, 0.2) is 28.1 Å². The highest BCUT2D eigenvalue weighted by molar-refractivity contribution is 7.98. The van der Waals surface area contributed by atoms with E-state index in [0.717, 1.165) is 13.2 Å². The lowest BCUT2D eigenvalue weighted by atomic mass is 10.1. The molecule has 0 saturated carbocycles. The van der Waals surface area contributed by atoms with Crippen molar-refractivity contribution >= 4 is 35.0 Å². The maximum atomic E-state index is 14.7. The van der Waals surface area contributed by atoms with Gasteiger partial charge < -0.3 is 24.4 Å². The highest BCUT2D eigenvalue weighted by Crippen LogP contribution is 2.35. The molecular formula is C20H20FN3O6S2. The van der Waals surface area contributed by atoms with Gasteiger partial charge in [0.05, 0.1) is 19.1 Å². The molecule has 1 aromatic carbocycles. The first-order valence-corrected chi connectivity index (χ1v) is 11.3. The van der Waals surface area contributed by atoms with Gasteiger partial charge in [-0.1, -0.05) is 11.2 Å². The first-order chi connectivity index (χ1) is 15.3. The zero-order valence-electron chi connectivity index (χ0n) is 17.4. The number of benzene rings is 1. The third-order valence-corrected chi connectivity index (χ3v) is 6.28. The highest BCUT2D eigenvalue weighted by atomic mass is 32.2. The normalized spacial score (nSPS) is 11.8. The van der Waals surface area contributed by atoms with Crippen LogP contribution in [0.5, 0.6) is 11.5 Å². The van der Waals surface area contributed by atoms with Gasteiger partial charge in [-0.3, -0.25) is 4.79 Å². The van der Waals surface area contributed by atoms with Gasteiger partial charge in [-0.05, 0) is 18.4 Å². The van der Waals surface area contributed by atoms with E-state index >= 15 is 0 Å². The number of phenols is 1. The van der Waals surface area contributed by atoms with Crippen LogP contribution in [0.25, 0.3) is 0 Å². The Morgan fingerprint density at radius 2 is 2.19 bits per heavy atom. The van der Waals surface area contributed by atoms with Crippen molar-refractivity contribution < 1.29 is 33.1 Å². The minimum atomic E-state index is -0.942. The lowest BCUT2D eigenvalue weighted by Gasteiger charge is -2.16. The monoisotopic (exact) mass is 481 g/mol. The summed E-state index contributed by atoms with van der Waals surface area (Å²) >= 11 is 2.51. The maximum Gasteiger partial charge on any atom is 0.341 e. The average Bonchev–Trinajstić information content (AvgIpc) is 3.46. The van der Waals surface area contributed by atoms with E-state index < -0.39 is 23.4 Å². The highest BCUT2D eigenvalue weighted by Gasteiger charge is 2.27. The van der Waals surface area contributed by atoms with Crippen molar-refractivity contribution in [2.45, 2.75) is 18.7 Å². The number of methoxy groups -OCH3 is 2. The van der Waals surface area contributed by atoms with Gasteiger partial charge in [0.2, 0.25) is 5.89 Å². The molecule has 32 heavy (non-hydrogen) atoms. The first kappa shape index (κ1) is 23.5. The van der Waals surface area contributed by atoms with Crippen molar-refractivity contribution in [3.05, 3.63) is 57.1 Å². The number of hydrogen-bond donors (Lipinski definition) is 2. The van der Waals surface area contributed by atoms with Crippen LogP contribution in [0, 0.1) is 12.7 Å². The number of esters is 1. The van der Waals surface area contributed by atoms with Gasteiger partial charge in [-0.2, -0.15) is 16.7 Å². The smallest absolute Gasteiger partial charge is 0.341 e. The Bertz CT molecular complexity index is 1100. The van der Waals surface area contributed by atoms with Gasteiger partial charge in [0.1, 0.15) is 17.4 Å². The van der Waals surface area contributed by atoms with Crippen molar-refractivity contribution in [2.24, 2.45) is 0 Å². The molecule has 0 spiro atoms. The maximum absolute atomic E-state index is 14.7. The second-order valence-corrected chi connectivity index (χ2v) is 8.43. The fourth-order valence-corrected chi connectivity index (χ4v) is 4.52. The summed E-state index contributed by atoms with van der Waals surface area (Å²) in [5.41, 5.74) is -0.366. The Balaban J connectivity index is 1.80. The second kappa shape index (κ2) is 10.5. The molecule has 0 fully saturated rings. The van der Waals surface area contributed by atoms with Gasteiger partial charge in [-0.15, -0.1) is 11.3 Å². The Morgan fingerprint density at radius 3 is 2.78 bits per heavy atom. The van der Waals surface area contributed by atoms with Gasteiger partial charge in [-0.25, -0.2) is 9.18 Å². The SMILES string of the molecule is COC(=O)c1c(F)c(OC)cc(O)c1CSCC(NC(=O)c1cccs1)c1nc(C)no1. The van der Waals surface area contributed by atoms with E-state index in [1.807, 2.05) is 0 Å². The molecule has 0 aliphatic heterocycles. The summed E-state index contributed by atoms with van der Waals surface area (Å²) in [5, 5.41) is 18.7. The fraction of sp³-hybridized carbons (Fsp3) is 0.300. The molecule has 2 heterocycles. The Kier molecular flexibility index (Phi) is 7.70. The molecule has 170 valence electrons. The number of carbonyl (C=O) groups excluding carboxylic acids is 2. The molecule has 1 amide bonds. The number of halogens is 1. The van der Waals surface area contributed by atoms with E-state index in [4.69, 9.17) is 9.26 Å². The van der Waals surface area contributed by atoms with Crippen LogP contribution in [0.1, 0.15) is 43.4 Å². The topological polar surface area (TPSA) is 124 Å². The number of amides is 1. The van der Waals surface area contributed by atoms with Crippen molar-refractivity contribution in [1.82, 2.24) is 15.5 Å². The Labute approximate surface area is 190 Å². The number of hydrogen-bond acceptors (Lipinski definition) is 10. The molecule has 1 atom stereocenters. The zero-order valence-corrected chi connectivity index (χ0v) is 19.0. The lowest BCUT2D eigenvalue weighted by molar-refractivity contribution is 0.0592. The average molecular weight is 482 g/mol. The van der Waals surface area contributed by atoms with Crippen LogP contribution in [-0.2, 0) is 10.5 Å². The third-order valence-electron chi connectivity index (χ3n) is 4.35. The number of nitrogens with one attached hydrogen (secondary N) is 1. The van der Waals surface area contributed by atoms with Crippen LogP contribution in [0.4, 0.5) is 4.39 Å². The third kappa shape index (κ3) is 5.19. The molecule has 2 N–H and O–H groups in total. The second-order valence-electron chi connectivity index (χ2n) is 6.46. The number of rotatable bonds is 9. The Morgan fingerprint density at radius 1 is 1.41 bits per heavy atom. The molecule has 0 radical (unpaired) electrons. The standard InChI is InChI=1S/C20H20FN3O6S2/c1-10-22-19(30-24-10)12(23-18(26)15-5-4-6-32-15)9-31-8-11-13(25)7-14(28-2)17(21)16(11)20(27)29-3/h4-7,12,25H,8-9H2,1-3H3,(H,23,26). The van der Waals surface area contributed by atoms with Crippen LogP contribution in [0.3, 0.4) is 0 Å². The molecule has 3 aromatic rings. The van der Waals surface area contributed by atoms with Crippen molar-refractivity contribution in [3.63, 3.8) is 0 Å². The Hall–Kier alpha value is -3.12. The van der Waals surface area contributed by atoms with E-state index in [9.17, 15) is 19.1 Å². The van der Waals surface area contributed by atoms with Gasteiger partial charge >= 0.3 is 5.97 Å². The molecule has 1 unspecified atom stereocenters. The van der Waals surface area contributed by atoms with E-state index in [2.05, 4.69) is 20.2 Å². The zero-order chi connectivity index (χ0) is 23.3. The summed E-state index contributed by atoms with van der Waals surface area (Å²) in [6.07, 6.45) is 0. The summed E-state index contributed by atoms with van der Waals surface area (Å²) < 4.78 is 29.4. The van der Waals surface area contributed by atoms with Crippen LogP contribution in [0.2, 0.25) is 0 Å². The number of ether oxygens (including phenoxy) is 2. The number of thioether (sulfide) groups is 1. The molecule has 0 aliphatic rings. The summed E-state index contributed by atoms with van der Waals surface area (Å²) in [5.74, 6) is -1.88. The number of aromatic nitrogens is 2. The molecule has 12 heteroatoms. The van der Waals surface area contributed by atoms with Gasteiger partial charge in [0.25, 0.3) is 5.91 Å². The van der Waals surface area contributed by atoms with Gasteiger partial charge in [0, 0.05) is 23.1 Å². The molecule has 0 saturated heterocycles. The van der Waals surface area contributed by atoms with Gasteiger partial charge in [0.15, 0.2) is 17.4 Å². The molecule has 9 nitrogen and oxygen atoms in total. The summed E-state index contributed by atoms with van der Waals surface area (Å²) in [6, 6.07) is 3.89. The van der Waals surface area contributed by atoms with E-state index in [0.29, 0.717) is 10.7 Å². The predicted octanol–water partition coefficient (Wildman–Crippen LogP) is 3.48. The summed E-state index contributed by atoms with van der Waals surface area (Å²) in [6.45, 7) is 1.65. The molecule has 3 rings (SSSR count). The minimum Gasteiger partial charge on any atom is -0.507 e. The molecular weight excluding hydrogens is 461 g/mol. The summed E-state index contributed by atoms with van der Waals surface area (Å²) in [4.78, 5) is 29.4. The van der Waals surface area contributed by atoms with E-state index in [1.54, 1.807) is 24.4 Å². The van der Waals surface area contributed by atoms with Crippen molar-refractivity contribution in [2.75, 3.05) is 20.0 Å². The van der Waals surface area contributed by atoms with Crippen molar-refractivity contribution in [3.8, 4) is 11.5 Å². The fourth-order valence-electron chi connectivity index (χ4n) is 2.81. The van der Waals surface area contributed by atoms with E-state index in [1.165, 1.54) is 30.2 Å². The molecule has 0 aliphatic carbocycles. The molecule has 2 aromatic heterocycles. The number of aromatic hydroxyl groups is 1. The van der Waals surface area contributed by atoms with Crippen molar-refractivity contribution in [1.29, 1.82) is 0 Å². The molecule has 0 bridgehead atoms. The predicted molar refractivity (Wildman–Crippen MR) is 116 cm³/mol. The van der Waals surface area contributed by atoms with E-state index in [-0.39, 0.29) is 40.4 Å². The van der Waals surface area contributed by atoms with Crippen LogP contribution >= 0.6 is 23.1 Å². The number of nitrogens with zero attached hydrogens (tertiary/aromatic N) is 2. The summed E-state index contributed by atoms with van der Waals surface area (Å²) in [7, 11) is 2.34. The number of carbonyl (C=O) groups is 2. The number of thiophene rings is 1. The largest absolute Gasteiger partial charge is 0.507 e. The number of phenolic OH excluding ortho intramolecular Hbond substituents is 1. The lowest BCUT2D eigenvalue weighted by Crippen LogP contribution is -2.30. The van der Waals surface area contributed by atoms with Crippen LogP contribution in [-0.4, -0.2) is 47.1 Å². The first-order valence-electron chi connectivity index (χ1n) is 9.24.